The number of amides is 2. The predicted molar refractivity (Wildman–Crippen MR) is 110 cm³/mol. The van der Waals surface area contributed by atoms with E-state index in [1.165, 1.54) is 12.1 Å². The van der Waals surface area contributed by atoms with Gasteiger partial charge in [-0.05, 0) is 18.0 Å². The van der Waals surface area contributed by atoms with Gasteiger partial charge in [0.25, 0.3) is 5.69 Å². The maximum Gasteiger partial charge on any atom is 0.322 e. The Bertz CT molecular complexity index is 950. The van der Waals surface area contributed by atoms with Gasteiger partial charge in [0.05, 0.1) is 9.82 Å². The maximum atomic E-state index is 12.3. The molecule has 172 valence electrons. The van der Waals surface area contributed by atoms with E-state index in [0.717, 1.165) is 17.8 Å². The highest BCUT2D eigenvalue weighted by Gasteiger charge is 2.24. The summed E-state index contributed by atoms with van der Waals surface area (Å²) in [5, 5.41) is 36.5. The number of carbonyl (C=O) groups excluding carboxylic acids is 2. The number of nitrogens with two attached hydrogens (primary N) is 1. The van der Waals surface area contributed by atoms with Crippen molar-refractivity contribution in [1.82, 2.24) is 10.6 Å². The van der Waals surface area contributed by atoms with Gasteiger partial charge in [0.15, 0.2) is 0 Å². The number of nitro benzene ring substituents is 1. The normalized spacial score (nSPS) is 12.0. The molecule has 0 aliphatic rings. The number of carboxylic acid groups (broad SMARTS) is 2. The number of azide groups is 1. The molecule has 6 N–H and O–H groups in total. The second kappa shape index (κ2) is 12.7. The minimum atomic E-state index is -1.33. The van der Waals surface area contributed by atoms with E-state index in [1.54, 1.807) is 0 Å². The van der Waals surface area contributed by atoms with Crippen molar-refractivity contribution in [2.75, 3.05) is 12.3 Å². The number of nitro groups is 1. The molecular formula is C16H19N7O8S. The summed E-state index contributed by atoms with van der Waals surface area (Å²) in [6, 6.07) is 1.08. The Morgan fingerprint density at radius 2 is 2.00 bits per heavy atom. The predicted octanol–water partition coefficient (Wildman–Crippen LogP) is 0.506. The number of hydrogen-bond acceptors (Lipinski definition) is 9. The van der Waals surface area contributed by atoms with E-state index in [9.17, 15) is 29.3 Å². The molecule has 16 heteroatoms. The van der Waals surface area contributed by atoms with E-state index in [1.807, 2.05) is 0 Å². The number of nitrogens with zero attached hydrogens (tertiary/aromatic N) is 4. The monoisotopic (exact) mass is 469 g/mol. The molecular weight excluding hydrogens is 450 g/mol. The van der Waals surface area contributed by atoms with Gasteiger partial charge in [0.2, 0.25) is 11.8 Å². The Kier molecular flexibility index (Phi) is 10.4. The summed E-state index contributed by atoms with van der Waals surface area (Å²) < 4.78 is 0. The highest BCUT2D eigenvalue weighted by atomic mass is 32.2. The number of nitrogens with one attached hydrogen (secondary N) is 2. The molecule has 0 unspecified atom stereocenters. The topological polar surface area (TPSA) is 251 Å². The van der Waals surface area contributed by atoms with Gasteiger partial charge < -0.3 is 26.6 Å². The van der Waals surface area contributed by atoms with Crippen LogP contribution in [0.4, 0.5) is 11.4 Å². The maximum absolute atomic E-state index is 12.3. The van der Waals surface area contributed by atoms with E-state index >= 15 is 0 Å². The molecule has 0 saturated heterocycles. The zero-order valence-corrected chi connectivity index (χ0v) is 17.2. The minimum Gasteiger partial charge on any atom is -0.480 e. The van der Waals surface area contributed by atoms with Crippen LogP contribution in [-0.2, 0) is 19.2 Å². The van der Waals surface area contributed by atoms with Crippen molar-refractivity contribution in [2.45, 2.75) is 29.8 Å². The molecule has 32 heavy (non-hydrogen) atoms. The number of rotatable bonds is 13. The summed E-state index contributed by atoms with van der Waals surface area (Å²) in [4.78, 5) is 59.1. The summed E-state index contributed by atoms with van der Waals surface area (Å²) in [7, 11) is 0. The molecule has 0 bridgehead atoms. The van der Waals surface area contributed by atoms with Crippen LogP contribution in [0.5, 0.6) is 0 Å². The van der Waals surface area contributed by atoms with Crippen molar-refractivity contribution in [1.29, 1.82) is 0 Å². The van der Waals surface area contributed by atoms with Crippen LogP contribution < -0.4 is 16.4 Å². The zero-order chi connectivity index (χ0) is 24.3. The van der Waals surface area contributed by atoms with Crippen molar-refractivity contribution >= 4 is 46.9 Å². The third-order valence-electron chi connectivity index (χ3n) is 3.77. The number of aliphatic carboxylic acids is 2. The fraction of sp³-hybridized carbons (Fsp3) is 0.375. The lowest BCUT2D eigenvalue weighted by atomic mass is 10.1. The SMILES string of the molecule is [N-]=[N+]=Nc1ccc(SC[C@H](NC(=O)CC[C@H](N)C(=O)O)C(=O)NCC(=O)O)c([N+](=O)[O-])c1. The number of carbonyl (C=O) groups is 4. The minimum absolute atomic E-state index is 0.00220. The van der Waals surface area contributed by atoms with E-state index in [4.69, 9.17) is 21.5 Å². The summed E-state index contributed by atoms with van der Waals surface area (Å²) in [5.41, 5.74) is 13.4. The average Bonchev–Trinajstić information content (AvgIpc) is 2.73. The fourth-order valence-electron chi connectivity index (χ4n) is 2.20. The molecule has 0 saturated carbocycles. The van der Waals surface area contributed by atoms with Crippen molar-refractivity contribution in [3.05, 3.63) is 38.8 Å². The second-order valence-corrected chi connectivity index (χ2v) is 7.19. The third kappa shape index (κ3) is 8.86. The van der Waals surface area contributed by atoms with Crippen molar-refractivity contribution in [3.8, 4) is 0 Å². The quantitative estimate of drug-likeness (QED) is 0.0667. The first-order valence-corrected chi connectivity index (χ1v) is 9.77. The largest absolute Gasteiger partial charge is 0.480 e. The highest BCUT2D eigenvalue weighted by molar-refractivity contribution is 7.99. The van der Waals surface area contributed by atoms with Gasteiger partial charge >= 0.3 is 11.9 Å². The molecule has 1 aromatic carbocycles. The van der Waals surface area contributed by atoms with E-state index in [-0.39, 0.29) is 29.2 Å². The van der Waals surface area contributed by atoms with E-state index in [2.05, 4.69) is 20.7 Å². The van der Waals surface area contributed by atoms with Crippen LogP contribution >= 0.6 is 11.8 Å². The zero-order valence-electron chi connectivity index (χ0n) is 16.3. The Hall–Kier alpha value is -3.88. The number of hydrogen-bond donors (Lipinski definition) is 5. The lowest BCUT2D eigenvalue weighted by molar-refractivity contribution is -0.387. The van der Waals surface area contributed by atoms with E-state index < -0.39 is 53.0 Å². The molecule has 0 fully saturated rings. The average molecular weight is 469 g/mol. The van der Waals surface area contributed by atoms with Crippen LogP contribution in [0.3, 0.4) is 0 Å². The molecule has 2 amide bonds. The number of benzene rings is 1. The Balaban J connectivity index is 2.96. The molecule has 0 aliphatic carbocycles. The van der Waals surface area contributed by atoms with Gasteiger partial charge in [-0.3, -0.25) is 29.3 Å². The van der Waals surface area contributed by atoms with Crippen LogP contribution in [0.1, 0.15) is 12.8 Å². The highest BCUT2D eigenvalue weighted by Crippen LogP contribution is 2.33. The molecule has 2 atom stereocenters. The lowest BCUT2D eigenvalue weighted by Crippen LogP contribution is -2.49. The Labute approximate surface area is 184 Å². The second-order valence-electron chi connectivity index (χ2n) is 6.12. The third-order valence-corrected chi connectivity index (χ3v) is 4.93. The smallest absolute Gasteiger partial charge is 0.322 e. The molecule has 0 spiro atoms. The molecule has 1 rings (SSSR count). The standard InChI is InChI=1S/C16H19N7O8S/c17-9(16(28)29)2-4-13(24)20-10(15(27)19-6-14(25)26)7-32-12-3-1-8(21-22-18)5-11(12)23(30)31/h1,3,5,9-10H,2,4,6-7,17H2,(H,19,27)(H,20,24)(H,25,26)(H,28,29)/t9-,10-/m0/s1. The Morgan fingerprint density at radius 1 is 1.31 bits per heavy atom. The van der Waals surface area contributed by atoms with Crippen LogP contribution in [0.25, 0.3) is 10.4 Å². The first-order chi connectivity index (χ1) is 15.0. The van der Waals surface area contributed by atoms with Gasteiger partial charge in [0.1, 0.15) is 18.6 Å². The Morgan fingerprint density at radius 3 is 2.56 bits per heavy atom. The summed E-state index contributed by atoms with van der Waals surface area (Å²) in [6.45, 7) is -0.721. The molecule has 0 aliphatic heterocycles. The van der Waals surface area contributed by atoms with Gasteiger partial charge in [-0.1, -0.05) is 11.2 Å². The summed E-state index contributed by atoms with van der Waals surface area (Å²) in [5.74, 6) is -4.42. The van der Waals surface area contributed by atoms with Gasteiger partial charge in [-0.2, -0.15) is 0 Å². The molecule has 0 heterocycles. The molecule has 0 aromatic heterocycles. The van der Waals surface area contributed by atoms with Gasteiger partial charge in [-0.15, -0.1) is 11.8 Å². The van der Waals surface area contributed by atoms with E-state index in [0.29, 0.717) is 0 Å². The summed E-state index contributed by atoms with van der Waals surface area (Å²) >= 11 is 0.826. The van der Waals surface area contributed by atoms with Crippen LogP contribution in [0, 0.1) is 10.1 Å². The van der Waals surface area contributed by atoms with Crippen LogP contribution in [0.2, 0.25) is 0 Å². The summed E-state index contributed by atoms with van der Waals surface area (Å²) in [6.07, 6.45) is -0.522. The number of carboxylic acids is 2. The van der Waals surface area contributed by atoms with Gasteiger partial charge in [-0.25, -0.2) is 0 Å². The van der Waals surface area contributed by atoms with Crippen LogP contribution in [0.15, 0.2) is 28.2 Å². The van der Waals surface area contributed by atoms with Gasteiger partial charge in [0, 0.05) is 28.8 Å². The van der Waals surface area contributed by atoms with Crippen molar-refractivity contribution in [3.63, 3.8) is 0 Å². The molecule has 0 radical (unpaired) electrons. The number of thioether (sulfide) groups is 1. The first kappa shape index (κ1) is 26.2. The lowest BCUT2D eigenvalue weighted by Gasteiger charge is -2.18. The van der Waals surface area contributed by atoms with Crippen LogP contribution in [-0.4, -0.2) is 63.3 Å². The van der Waals surface area contributed by atoms with Crippen molar-refractivity contribution in [2.24, 2.45) is 10.8 Å². The molecule has 15 nitrogen and oxygen atoms in total. The fourth-order valence-corrected chi connectivity index (χ4v) is 3.23. The molecule has 1 aromatic rings. The van der Waals surface area contributed by atoms with Crippen molar-refractivity contribution < 1.29 is 34.3 Å². The first-order valence-electron chi connectivity index (χ1n) is 8.78.